The van der Waals surface area contributed by atoms with Crippen molar-refractivity contribution in [1.29, 1.82) is 0 Å². The van der Waals surface area contributed by atoms with Crippen LogP contribution < -0.4 is 5.32 Å². The van der Waals surface area contributed by atoms with Gasteiger partial charge < -0.3 is 5.32 Å². The highest BCUT2D eigenvalue weighted by Gasteiger charge is 2.15. The summed E-state index contributed by atoms with van der Waals surface area (Å²) in [7, 11) is 0.0779. The third-order valence-electron chi connectivity index (χ3n) is 2.10. The molecule has 0 heterocycles. The Morgan fingerprint density at radius 1 is 1.58 bits per heavy atom. The van der Waals surface area contributed by atoms with Crippen LogP contribution in [0.2, 0.25) is 0 Å². The van der Waals surface area contributed by atoms with E-state index in [1.54, 1.807) is 5.31 Å². The third-order valence-corrected chi connectivity index (χ3v) is 3.59. The normalized spacial score (nSPS) is 23.0. The van der Waals surface area contributed by atoms with Gasteiger partial charge in [0.15, 0.2) is 0 Å². The molecule has 1 atom stereocenters. The molecular formula is C10H18NP. The summed E-state index contributed by atoms with van der Waals surface area (Å²) in [6.07, 6.45) is 7.88. The summed E-state index contributed by atoms with van der Waals surface area (Å²) in [4.78, 5) is 0. The topological polar surface area (TPSA) is 12.0 Å². The molecule has 0 aromatic heterocycles. The van der Waals surface area contributed by atoms with Crippen LogP contribution >= 0.6 is 7.92 Å². The molecule has 1 aliphatic rings. The van der Waals surface area contributed by atoms with E-state index in [0.29, 0.717) is 6.04 Å². The van der Waals surface area contributed by atoms with Gasteiger partial charge in [0.05, 0.1) is 0 Å². The average molecular weight is 183 g/mol. The van der Waals surface area contributed by atoms with E-state index in [-0.39, 0.29) is 7.92 Å². The van der Waals surface area contributed by atoms with Gasteiger partial charge in [0.25, 0.3) is 0 Å². The fraction of sp³-hybridized carbons (Fsp3) is 0.600. The molecule has 0 radical (unpaired) electrons. The van der Waals surface area contributed by atoms with Crippen LogP contribution in [0.15, 0.2) is 23.5 Å². The second-order valence-electron chi connectivity index (χ2n) is 3.26. The van der Waals surface area contributed by atoms with E-state index in [9.17, 15) is 0 Å². The van der Waals surface area contributed by atoms with Crippen LogP contribution in [0.4, 0.5) is 0 Å². The Balaban J connectivity index is 2.63. The van der Waals surface area contributed by atoms with Crippen molar-refractivity contribution in [3.63, 3.8) is 0 Å². The summed E-state index contributed by atoms with van der Waals surface area (Å²) in [6.45, 7) is 7.89. The van der Waals surface area contributed by atoms with Gasteiger partial charge in [-0.1, -0.05) is 33.1 Å². The third kappa shape index (κ3) is 2.43. The van der Waals surface area contributed by atoms with Gasteiger partial charge in [-0.3, -0.25) is 0 Å². The Morgan fingerprint density at radius 2 is 2.33 bits per heavy atom. The first-order valence-electron chi connectivity index (χ1n) is 4.53. The van der Waals surface area contributed by atoms with E-state index < -0.39 is 0 Å². The monoisotopic (exact) mass is 183 g/mol. The Hall–Kier alpha value is -0.130. The number of allylic oxidation sites excluding steroid dienone is 2. The number of likely N-dealkylation sites (N-methyl/N-ethyl adjacent to an activating group) is 1. The molecule has 1 nitrogen and oxygen atoms in total. The lowest BCUT2D eigenvalue weighted by molar-refractivity contribution is 0.610. The summed E-state index contributed by atoms with van der Waals surface area (Å²) in [6, 6.07) is 0.612. The van der Waals surface area contributed by atoms with Crippen LogP contribution in [0.5, 0.6) is 0 Å². The van der Waals surface area contributed by atoms with Crippen molar-refractivity contribution in [3.05, 3.63) is 23.5 Å². The van der Waals surface area contributed by atoms with E-state index in [2.05, 4.69) is 43.8 Å². The lowest BCUT2D eigenvalue weighted by Gasteiger charge is -2.25. The molecule has 0 amide bonds. The van der Waals surface area contributed by atoms with Crippen molar-refractivity contribution in [2.45, 2.75) is 19.4 Å². The number of hydrogen-bond donors (Lipinski definition) is 1. The zero-order chi connectivity index (χ0) is 8.97. The van der Waals surface area contributed by atoms with Gasteiger partial charge in [-0.2, -0.15) is 0 Å². The van der Waals surface area contributed by atoms with E-state index in [1.807, 2.05) is 0 Å². The van der Waals surface area contributed by atoms with Crippen LogP contribution in [0, 0.1) is 0 Å². The Bertz CT molecular complexity index is 194. The molecule has 0 aliphatic heterocycles. The molecule has 1 unspecified atom stereocenters. The number of rotatable bonds is 3. The maximum Gasteiger partial charge on any atom is 0.0359 e. The van der Waals surface area contributed by atoms with Crippen molar-refractivity contribution in [3.8, 4) is 0 Å². The predicted molar refractivity (Wildman–Crippen MR) is 58.1 cm³/mol. The maximum absolute atomic E-state index is 3.51. The highest BCUT2D eigenvalue weighted by Crippen LogP contribution is 2.40. The fourth-order valence-electron chi connectivity index (χ4n) is 1.51. The zero-order valence-electron chi connectivity index (χ0n) is 8.17. The second-order valence-corrected chi connectivity index (χ2v) is 5.57. The first kappa shape index (κ1) is 9.95. The summed E-state index contributed by atoms with van der Waals surface area (Å²) >= 11 is 0. The van der Waals surface area contributed by atoms with Gasteiger partial charge in [0.1, 0.15) is 0 Å². The van der Waals surface area contributed by atoms with Crippen LogP contribution in [0.1, 0.15) is 13.3 Å². The smallest absolute Gasteiger partial charge is 0.0359 e. The minimum Gasteiger partial charge on any atom is -0.310 e. The van der Waals surface area contributed by atoms with E-state index in [4.69, 9.17) is 0 Å². The molecule has 1 aliphatic carbocycles. The van der Waals surface area contributed by atoms with Crippen LogP contribution in [0.25, 0.3) is 0 Å². The lowest BCUT2D eigenvalue weighted by Crippen LogP contribution is -2.30. The maximum atomic E-state index is 3.51. The molecule has 0 fully saturated rings. The lowest BCUT2D eigenvalue weighted by atomic mass is 10.1. The number of hydrogen-bond acceptors (Lipinski definition) is 1. The van der Waals surface area contributed by atoms with Crippen LogP contribution in [0.3, 0.4) is 0 Å². The summed E-state index contributed by atoms with van der Waals surface area (Å²) in [5, 5.41) is 5.12. The van der Waals surface area contributed by atoms with Gasteiger partial charge in [-0.15, -0.1) is 0 Å². The molecule has 0 aromatic rings. The van der Waals surface area contributed by atoms with Crippen LogP contribution in [-0.2, 0) is 0 Å². The average Bonchev–Trinajstić information content (AvgIpc) is 2.05. The van der Waals surface area contributed by atoms with Gasteiger partial charge >= 0.3 is 0 Å². The predicted octanol–water partition coefficient (Wildman–Crippen LogP) is 2.55. The molecular weight excluding hydrogens is 165 g/mol. The molecule has 12 heavy (non-hydrogen) atoms. The summed E-state index contributed by atoms with van der Waals surface area (Å²) in [5.41, 5.74) is 0. The fourth-order valence-corrected chi connectivity index (χ4v) is 2.72. The van der Waals surface area contributed by atoms with Crippen molar-refractivity contribution in [2.75, 3.05) is 19.9 Å². The van der Waals surface area contributed by atoms with E-state index in [0.717, 1.165) is 6.54 Å². The molecule has 68 valence electrons. The van der Waals surface area contributed by atoms with E-state index >= 15 is 0 Å². The van der Waals surface area contributed by atoms with Crippen LogP contribution in [-0.4, -0.2) is 25.9 Å². The molecule has 0 aromatic carbocycles. The first-order valence-corrected chi connectivity index (χ1v) is 6.76. The first-order chi connectivity index (χ1) is 5.75. The molecule has 0 saturated heterocycles. The Kier molecular flexibility index (Phi) is 3.97. The molecule has 1 rings (SSSR count). The quantitative estimate of drug-likeness (QED) is 0.663. The minimum atomic E-state index is 0.0779. The van der Waals surface area contributed by atoms with Crippen molar-refractivity contribution >= 4 is 7.92 Å². The Morgan fingerprint density at radius 3 is 2.92 bits per heavy atom. The van der Waals surface area contributed by atoms with Crippen molar-refractivity contribution in [2.24, 2.45) is 0 Å². The van der Waals surface area contributed by atoms with Gasteiger partial charge in [0.2, 0.25) is 0 Å². The molecule has 2 heteroatoms. The second kappa shape index (κ2) is 4.79. The molecule has 0 bridgehead atoms. The van der Waals surface area contributed by atoms with Crippen molar-refractivity contribution in [1.82, 2.24) is 5.32 Å². The minimum absolute atomic E-state index is 0.0779. The van der Waals surface area contributed by atoms with Gasteiger partial charge in [-0.05, 0) is 31.6 Å². The Labute approximate surface area is 76.7 Å². The number of nitrogens with one attached hydrogen (secondary N) is 1. The SMILES string of the molecule is CCNC1CC=CC=C1P(C)C. The zero-order valence-corrected chi connectivity index (χ0v) is 9.07. The highest BCUT2D eigenvalue weighted by atomic mass is 31.1. The van der Waals surface area contributed by atoms with Gasteiger partial charge in [-0.25, -0.2) is 0 Å². The summed E-state index contributed by atoms with van der Waals surface area (Å²) in [5.74, 6) is 0. The summed E-state index contributed by atoms with van der Waals surface area (Å²) < 4.78 is 0. The standard InChI is InChI=1S/C10H18NP/c1-4-11-9-7-5-6-8-10(9)12(2)3/h5-6,8-9,11H,4,7H2,1-3H3. The van der Waals surface area contributed by atoms with E-state index in [1.165, 1.54) is 6.42 Å². The largest absolute Gasteiger partial charge is 0.310 e. The highest BCUT2D eigenvalue weighted by molar-refractivity contribution is 7.60. The van der Waals surface area contributed by atoms with Crippen molar-refractivity contribution < 1.29 is 0 Å². The van der Waals surface area contributed by atoms with Gasteiger partial charge in [0, 0.05) is 6.04 Å². The molecule has 0 spiro atoms. The molecule has 0 saturated carbocycles. The molecule has 1 N–H and O–H groups in total.